The van der Waals surface area contributed by atoms with Crippen LogP contribution in [-0.4, -0.2) is 42.4 Å². The van der Waals surface area contributed by atoms with Crippen molar-refractivity contribution in [2.24, 2.45) is 0 Å². The molecular formula is C16H23ClN2O. The molecule has 1 amide bonds. The van der Waals surface area contributed by atoms with Crippen LogP contribution in [-0.2, 0) is 11.3 Å². The fourth-order valence-electron chi connectivity index (χ4n) is 2.04. The predicted octanol–water partition coefficient (Wildman–Crippen LogP) is 3.20. The number of likely N-dealkylation sites (N-methyl/N-ethyl adjacent to an activating group) is 2. The van der Waals surface area contributed by atoms with Crippen molar-refractivity contribution in [2.75, 3.05) is 26.7 Å². The summed E-state index contributed by atoms with van der Waals surface area (Å²) in [6, 6.07) is 7.71. The van der Waals surface area contributed by atoms with Gasteiger partial charge in [0, 0.05) is 24.7 Å². The molecule has 0 heterocycles. The summed E-state index contributed by atoms with van der Waals surface area (Å²) in [6.07, 6.45) is 0. The van der Waals surface area contributed by atoms with Gasteiger partial charge in [-0.3, -0.25) is 9.69 Å². The number of rotatable bonds is 7. The van der Waals surface area contributed by atoms with E-state index < -0.39 is 0 Å². The van der Waals surface area contributed by atoms with E-state index in [2.05, 4.69) is 6.58 Å². The highest BCUT2D eigenvalue weighted by Gasteiger charge is 2.14. The van der Waals surface area contributed by atoms with Gasteiger partial charge in [-0.2, -0.15) is 0 Å². The molecule has 0 aliphatic carbocycles. The first-order chi connectivity index (χ1) is 9.42. The normalized spacial score (nSPS) is 10.7. The Morgan fingerprint density at radius 2 is 2.05 bits per heavy atom. The lowest BCUT2D eigenvalue weighted by Gasteiger charge is -2.24. The average Bonchev–Trinajstić information content (AvgIpc) is 2.35. The summed E-state index contributed by atoms with van der Waals surface area (Å²) in [7, 11) is 1.94. The second kappa shape index (κ2) is 8.08. The summed E-state index contributed by atoms with van der Waals surface area (Å²) in [4.78, 5) is 16.0. The van der Waals surface area contributed by atoms with E-state index in [1.54, 1.807) is 0 Å². The smallest absolute Gasteiger partial charge is 0.237 e. The van der Waals surface area contributed by atoms with E-state index in [9.17, 15) is 4.79 Å². The fraction of sp³-hybridized carbons (Fsp3) is 0.438. The van der Waals surface area contributed by atoms with Gasteiger partial charge in [0.1, 0.15) is 0 Å². The lowest BCUT2D eigenvalue weighted by molar-refractivity contribution is -0.131. The van der Waals surface area contributed by atoms with Gasteiger partial charge in [-0.15, -0.1) is 0 Å². The van der Waals surface area contributed by atoms with Crippen molar-refractivity contribution in [2.45, 2.75) is 20.4 Å². The number of carbonyl (C=O) groups excluding carboxylic acids is 1. The number of benzene rings is 1. The molecule has 0 aliphatic rings. The Morgan fingerprint density at radius 1 is 1.35 bits per heavy atom. The van der Waals surface area contributed by atoms with Gasteiger partial charge in [0.15, 0.2) is 0 Å². The van der Waals surface area contributed by atoms with Crippen molar-refractivity contribution in [1.82, 2.24) is 9.80 Å². The largest absolute Gasteiger partial charge is 0.338 e. The molecule has 3 nitrogen and oxygen atoms in total. The summed E-state index contributed by atoms with van der Waals surface area (Å²) in [5, 5.41) is 0.722. The Bertz CT molecular complexity index is 473. The maximum absolute atomic E-state index is 12.2. The highest BCUT2D eigenvalue weighted by molar-refractivity contribution is 6.30. The van der Waals surface area contributed by atoms with Gasteiger partial charge < -0.3 is 4.90 Å². The summed E-state index contributed by atoms with van der Waals surface area (Å²) < 4.78 is 0. The molecule has 0 aromatic heterocycles. The minimum Gasteiger partial charge on any atom is -0.338 e. The van der Waals surface area contributed by atoms with Crippen LogP contribution in [0.3, 0.4) is 0 Å². The monoisotopic (exact) mass is 294 g/mol. The van der Waals surface area contributed by atoms with Crippen LogP contribution in [0.25, 0.3) is 0 Å². The Labute approximate surface area is 126 Å². The third-order valence-electron chi connectivity index (χ3n) is 2.94. The molecule has 0 radical (unpaired) electrons. The molecule has 0 bridgehead atoms. The average molecular weight is 295 g/mol. The molecule has 4 heteroatoms. The maximum Gasteiger partial charge on any atom is 0.237 e. The molecule has 0 unspecified atom stereocenters. The molecule has 0 N–H and O–H groups in total. The molecule has 110 valence electrons. The molecule has 0 saturated heterocycles. The molecule has 1 aromatic carbocycles. The van der Waals surface area contributed by atoms with E-state index in [-0.39, 0.29) is 5.91 Å². The highest BCUT2D eigenvalue weighted by atomic mass is 35.5. The standard InChI is InChI=1S/C16H23ClN2O/c1-5-19(10-13(2)3)16(20)12-18(4)11-14-7-6-8-15(17)9-14/h6-9H,2,5,10-12H2,1,3-4H3. The number of carbonyl (C=O) groups is 1. The summed E-state index contributed by atoms with van der Waals surface area (Å²) >= 11 is 5.96. The zero-order chi connectivity index (χ0) is 15.1. The molecule has 0 spiro atoms. The topological polar surface area (TPSA) is 23.6 Å². The summed E-state index contributed by atoms with van der Waals surface area (Å²) in [6.45, 7) is 10.2. The van der Waals surface area contributed by atoms with E-state index in [1.165, 1.54) is 0 Å². The van der Waals surface area contributed by atoms with Crippen molar-refractivity contribution < 1.29 is 4.79 Å². The Hall–Kier alpha value is -1.32. The number of nitrogens with zero attached hydrogens (tertiary/aromatic N) is 2. The first-order valence-corrected chi connectivity index (χ1v) is 7.15. The van der Waals surface area contributed by atoms with E-state index in [0.717, 1.165) is 16.2 Å². The van der Waals surface area contributed by atoms with Crippen LogP contribution < -0.4 is 0 Å². The summed E-state index contributed by atoms with van der Waals surface area (Å²) in [5.41, 5.74) is 2.11. The first-order valence-electron chi connectivity index (χ1n) is 6.77. The second-order valence-electron chi connectivity index (χ2n) is 5.17. The van der Waals surface area contributed by atoms with Crippen LogP contribution in [0.5, 0.6) is 0 Å². The predicted molar refractivity (Wildman–Crippen MR) is 84.9 cm³/mol. The molecule has 0 aliphatic heterocycles. The minimum absolute atomic E-state index is 0.125. The van der Waals surface area contributed by atoms with Crippen LogP contribution >= 0.6 is 11.6 Å². The van der Waals surface area contributed by atoms with Crippen LogP contribution in [0, 0.1) is 0 Å². The number of halogens is 1. The van der Waals surface area contributed by atoms with Crippen molar-refractivity contribution in [1.29, 1.82) is 0 Å². The molecular weight excluding hydrogens is 272 g/mol. The van der Waals surface area contributed by atoms with Gasteiger partial charge in [0.05, 0.1) is 6.54 Å². The number of hydrogen-bond acceptors (Lipinski definition) is 2. The number of hydrogen-bond donors (Lipinski definition) is 0. The quantitative estimate of drug-likeness (QED) is 0.721. The van der Waals surface area contributed by atoms with E-state index in [4.69, 9.17) is 11.6 Å². The number of amides is 1. The Kier molecular flexibility index (Phi) is 6.76. The Balaban J connectivity index is 2.54. The van der Waals surface area contributed by atoms with Gasteiger partial charge in [0.25, 0.3) is 0 Å². The van der Waals surface area contributed by atoms with Gasteiger partial charge in [0.2, 0.25) is 5.91 Å². The second-order valence-corrected chi connectivity index (χ2v) is 5.60. The van der Waals surface area contributed by atoms with E-state index in [1.807, 2.05) is 55.0 Å². The zero-order valence-electron chi connectivity index (χ0n) is 12.5. The van der Waals surface area contributed by atoms with Crippen molar-refractivity contribution in [3.63, 3.8) is 0 Å². The summed E-state index contributed by atoms with van der Waals surface area (Å²) in [5.74, 6) is 0.125. The highest BCUT2D eigenvalue weighted by Crippen LogP contribution is 2.12. The van der Waals surface area contributed by atoms with Crippen molar-refractivity contribution in [3.05, 3.63) is 47.0 Å². The molecule has 20 heavy (non-hydrogen) atoms. The van der Waals surface area contributed by atoms with Gasteiger partial charge in [-0.25, -0.2) is 0 Å². The zero-order valence-corrected chi connectivity index (χ0v) is 13.3. The van der Waals surface area contributed by atoms with E-state index in [0.29, 0.717) is 26.2 Å². The fourth-order valence-corrected chi connectivity index (χ4v) is 2.25. The first kappa shape index (κ1) is 16.7. The van der Waals surface area contributed by atoms with Gasteiger partial charge >= 0.3 is 0 Å². The van der Waals surface area contributed by atoms with Gasteiger partial charge in [-0.05, 0) is 38.6 Å². The maximum atomic E-state index is 12.2. The van der Waals surface area contributed by atoms with Crippen LogP contribution in [0.15, 0.2) is 36.4 Å². The molecule has 0 atom stereocenters. The molecule has 1 rings (SSSR count). The van der Waals surface area contributed by atoms with Crippen LogP contribution in [0.4, 0.5) is 0 Å². The van der Waals surface area contributed by atoms with Crippen molar-refractivity contribution in [3.8, 4) is 0 Å². The molecule has 1 aromatic rings. The van der Waals surface area contributed by atoms with Crippen LogP contribution in [0.1, 0.15) is 19.4 Å². The van der Waals surface area contributed by atoms with Gasteiger partial charge in [-0.1, -0.05) is 35.9 Å². The third kappa shape index (κ3) is 5.76. The van der Waals surface area contributed by atoms with E-state index >= 15 is 0 Å². The molecule has 0 saturated carbocycles. The SMILES string of the molecule is C=C(C)CN(CC)C(=O)CN(C)Cc1cccc(Cl)c1. The third-order valence-corrected chi connectivity index (χ3v) is 3.18. The Morgan fingerprint density at radius 3 is 2.60 bits per heavy atom. The van der Waals surface area contributed by atoms with Crippen LogP contribution in [0.2, 0.25) is 5.02 Å². The van der Waals surface area contributed by atoms with Crippen molar-refractivity contribution >= 4 is 17.5 Å². The molecule has 0 fully saturated rings. The lowest BCUT2D eigenvalue weighted by Crippen LogP contribution is -2.39. The lowest BCUT2D eigenvalue weighted by atomic mass is 10.2. The minimum atomic E-state index is 0.125.